The number of benzene rings is 2. The van der Waals surface area contributed by atoms with Crippen molar-refractivity contribution in [3.63, 3.8) is 0 Å². The zero-order chi connectivity index (χ0) is 18.0. The Morgan fingerprint density at radius 3 is 2.12 bits per heavy atom. The highest BCUT2D eigenvalue weighted by Gasteiger charge is 2.21. The Labute approximate surface area is 142 Å². The first-order valence-corrected chi connectivity index (χ1v) is 8.71. The minimum atomic E-state index is -3.99. The van der Waals surface area contributed by atoms with Gasteiger partial charge in [0, 0.05) is 6.07 Å². The van der Waals surface area contributed by atoms with Crippen molar-refractivity contribution in [2.75, 3.05) is 7.11 Å². The van der Waals surface area contributed by atoms with Gasteiger partial charge in [0.1, 0.15) is 4.90 Å². The fourth-order valence-electron chi connectivity index (χ4n) is 2.09. The number of methoxy groups -OCH3 is 1. The van der Waals surface area contributed by atoms with E-state index in [2.05, 4.69) is 20.8 Å². The smallest absolute Gasteiger partial charge is 0.339 e. The van der Waals surface area contributed by atoms with Gasteiger partial charge in [-0.25, -0.2) is 0 Å². The van der Waals surface area contributed by atoms with Crippen LogP contribution in [0, 0.1) is 11.3 Å². The van der Waals surface area contributed by atoms with Crippen LogP contribution >= 0.6 is 0 Å². The highest BCUT2D eigenvalue weighted by atomic mass is 32.2. The van der Waals surface area contributed by atoms with Gasteiger partial charge in [0.15, 0.2) is 11.5 Å². The lowest BCUT2D eigenvalue weighted by molar-refractivity contribution is 0.390. The molecule has 0 saturated heterocycles. The lowest BCUT2D eigenvalue weighted by Gasteiger charge is -2.19. The number of hydrogen-bond donors (Lipinski definition) is 0. The molecular formula is C18H19NO4S. The molecule has 24 heavy (non-hydrogen) atoms. The van der Waals surface area contributed by atoms with E-state index in [-0.39, 0.29) is 21.8 Å². The topological polar surface area (TPSA) is 76.4 Å². The minimum Gasteiger partial charge on any atom is -0.493 e. The maximum atomic E-state index is 12.4. The Hall–Kier alpha value is -2.52. The quantitative estimate of drug-likeness (QED) is 0.791. The second-order valence-electron chi connectivity index (χ2n) is 6.29. The Balaban J connectivity index is 2.34. The number of ether oxygens (including phenoxy) is 1. The molecule has 0 radical (unpaired) electrons. The summed E-state index contributed by atoms with van der Waals surface area (Å²) in [5.74, 6) is 0.223. The Kier molecular flexibility index (Phi) is 4.86. The molecule has 0 aromatic heterocycles. The van der Waals surface area contributed by atoms with Crippen LogP contribution in [0.15, 0.2) is 47.4 Å². The van der Waals surface area contributed by atoms with E-state index in [1.807, 2.05) is 6.07 Å². The van der Waals surface area contributed by atoms with E-state index in [1.165, 1.54) is 37.4 Å². The maximum absolute atomic E-state index is 12.4. The van der Waals surface area contributed by atoms with E-state index in [0.717, 1.165) is 5.56 Å². The van der Waals surface area contributed by atoms with Crippen molar-refractivity contribution in [1.29, 1.82) is 5.26 Å². The molecule has 0 aliphatic heterocycles. The normalized spacial score (nSPS) is 11.6. The summed E-state index contributed by atoms with van der Waals surface area (Å²) in [7, 11) is -2.61. The molecule has 2 aromatic rings. The molecule has 0 saturated carbocycles. The van der Waals surface area contributed by atoms with E-state index in [4.69, 9.17) is 14.2 Å². The summed E-state index contributed by atoms with van der Waals surface area (Å²) in [6.07, 6.45) is 0. The molecule has 0 amide bonds. The molecule has 0 N–H and O–H groups in total. The monoisotopic (exact) mass is 345 g/mol. The number of hydrogen-bond acceptors (Lipinski definition) is 5. The van der Waals surface area contributed by atoms with E-state index in [9.17, 15) is 8.42 Å². The van der Waals surface area contributed by atoms with Crippen LogP contribution in [0.1, 0.15) is 31.9 Å². The van der Waals surface area contributed by atoms with E-state index < -0.39 is 10.1 Å². The van der Waals surface area contributed by atoms with Crippen molar-refractivity contribution in [2.24, 2.45) is 0 Å². The largest absolute Gasteiger partial charge is 0.493 e. The predicted molar refractivity (Wildman–Crippen MR) is 90.7 cm³/mol. The van der Waals surface area contributed by atoms with Gasteiger partial charge in [-0.3, -0.25) is 0 Å². The molecular weight excluding hydrogens is 326 g/mol. The molecule has 0 atom stereocenters. The maximum Gasteiger partial charge on any atom is 0.339 e. The van der Waals surface area contributed by atoms with Crippen LogP contribution in [0.25, 0.3) is 0 Å². The second-order valence-corrected chi connectivity index (χ2v) is 7.84. The lowest BCUT2D eigenvalue weighted by atomic mass is 9.87. The first-order chi connectivity index (χ1) is 11.2. The molecule has 126 valence electrons. The number of nitriles is 1. The first-order valence-electron chi connectivity index (χ1n) is 7.30. The van der Waals surface area contributed by atoms with Crippen molar-refractivity contribution in [3.05, 3.63) is 53.6 Å². The predicted octanol–water partition coefficient (Wildman–Crippen LogP) is 3.63. The van der Waals surface area contributed by atoms with Crippen LogP contribution in [-0.4, -0.2) is 15.5 Å². The van der Waals surface area contributed by atoms with Gasteiger partial charge >= 0.3 is 10.1 Å². The highest BCUT2D eigenvalue weighted by Crippen LogP contribution is 2.31. The van der Waals surface area contributed by atoms with Crippen LogP contribution in [0.2, 0.25) is 0 Å². The average Bonchev–Trinajstić information content (AvgIpc) is 2.54. The minimum absolute atomic E-state index is 0.0383. The van der Waals surface area contributed by atoms with E-state index in [0.29, 0.717) is 5.56 Å². The number of rotatable bonds is 4. The Morgan fingerprint density at radius 2 is 1.62 bits per heavy atom. The molecule has 0 fully saturated rings. The lowest BCUT2D eigenvalue weighted by Crippen LogP contribution is -2.13. The van der Waals surface area contributed by atoms with Gasteiger partial charge in [-0.1, -0.05) is 32.9 Å². The fourth-order valence-corrected chi connectivity index (χ4v) is 3.03. The molecule has 0 spiro atoms. The van der Waals surface area contributed by atoms with Crippen molar-refractivity contribution in [3.8, 4) is 17.6 Å². The molecule has 6 heteroatoms. The van der Waals surface area contributed by atoms with Crippen molar-refractivity contribution >= 4 is 10.1 Å². The fraction of sp³-hybridized carbons (Fsp3) is 0.278. The first kappa shape index (κ1) is 17.8. The molecule has 0 aliphatic rings. The zero-order valence-electron chi connectivity index (χ0n) is 14.0. The van der Waals surface area contributed by atoms with Crippen LogP contribution < -0.4 is 8.92 Å². The third-order valence-electron chi connectivity index (χ3n) is 3.50. The van der Waals surface area contributed by atoms with Gasteiger partial charge < -0.3 is 8.92 Å². The summed E-state index contributed by atoms with van der Waals surface area (Å²) >= 11 is 0. The second kappa shape index (κ2) is 6.54. The standard InChI is InChI=1S/C18H19NO4S/c1-18(2,3)14-6-8-15(9-7-14)24(20,21)23-16-10-5-13(12-19)11-17(16)22-4/h5-11H,1-4H3. The molecule has 0 unspecified atom stereocenters. The van der Waals surface area contributed by atoms with Crippen molar-refractivity contribution in [1.82, 2.24) is 0 Å². The molecule has 2 rings (SSSR count). The van der Waals surface area contributed by atoms with Gasteiger partial charge in [-0.15, -0.1) is 0 Å². The van der Waals surface area contributed by atoms with Crippen molar-refractivity contribution in [2.45, 2.75) is 31.1 Å². The van der Waals surface area contributed by atoms with Gasteiger partial charge in [0.05, 0.1) is 18.7 Å². The van der Waals surface area contributed by atoms with Gasteiger partial charge in [-0.2, -0.15) is 13.7 Å². The van der Waals surface area contributed by atoms with Crippen LogP contribution in [0.4, 0.5) is 0 Å². The summed E-state index contributed by atoms with van der Waals surface area (Å²) in [5.41, 5.74) is 1.31. The summed E-state index contributed by atoms with van der Waals surface area (Å²) in [6.45, 7) is 6.15. The Bertz CT molecular complexity index is 873. The van der Waals surface area contributed by atoms with E-state index >= 15 is 0 Å². The highest BCUT2D eigenvalue weighted by molar-refractivity contribution is 7.87. The molecule has 2 aromatic carbocycles. The Morgan fingerprint density at radius 1 is 1.00 bits per heavy atom. The van der Waals surface area contributed by atoms with Gasteiger partial charge in [0.25, 0.3) is 0 Å². The van der Waals surface area contributed by atoms with Crippen LogP contribution in [0.3, 0.4) is 0 Å². The third-order valence-corrected chi connectivity index (χ3v) is 4.75. The third kappa shape index (κ3) is 3.87. The molecule has 0 aliphatic carbocycles. The molecule has 0 heterocycles. The summed E-state index contributed by atoms with van der Waals surface area (Å²) in [4.78, 5) is 0.0573. The average molecular weight is 345 g/mol. The summed E-state index contributed by atoms with van der Waals surface area (Å²) in [5, 5.41) is 8.89. The zero-order valence-corrected chi connectivity index (χ0v) is 14.8. The molecule has 0 bridgehead atoms. The van der Waals surface area contributed by atoms with Gasteiger partial charge in [0.2, 0.25) is 0 Å². The number of nitrogens with zero attached hydrogens (tertiary/aromatic N) is 1. The molecule has 5 nitrogen and oxygen atoms in total. The van der Waals surface area contributed by atoms with Crippen molar-refractivity contribution < 1.29 is 17.3 Å². The van der Waals surface area contributed by atoms with Crippen LogP contribution in [0.5, 0.6) is 11.5 Å². The summed E-state index contributed by atoms with van der Waals surface area (Å²) in [6, 6.07) is 12.8. The van der Waals surface area contributed by atoms with E-state index in [1.54, 1.807) is 12.1 Å². The van der Waals surface area contributed by atoms with Crippen LogP contribution in [-0.2, 0) is 15.5 Å². The summed E-state index contributed by atoms with van der Waals surface area (Å²) < 4.78 is 35.2. The SMILES string of the molecule is COc1cc(C#N)ccc1OS(=O)(=O)c1ccc(C(C)(C)C)cc1. The van der Waals surface area contributed by atoms with Gasteiger partial charge in [-0.05, 0) is 35.2 Å².